The Balaban J connectivity index is 1.69. The fraction of sp³-hybridized carbons (Fsp3) is 0.500. The first kappa shape index (κ1) is 36.7. The zero-order chi connectivity index (χ0) is 36.0. The van der Waals surface area contributed by atoms with Gasteiger partial charge in [0, 0.05) is 11.6 Å². The molecule has 1 amide bonds. The molecule has 0 spiro atoms. The average Bonchev–Trinajstić information content (AvgIpc) is 3.70. The molecule has 1 saturated carbocycles. The molecule has 2 fully saturated rings. The highest BCUT2D eigenvalue weighted by atomic mass is 28.4. The Bertz CT molecular complexity index is 1760. The first-order valence-electron chi connectivity index (χ1n) is 17.2. The quantitative estimate of drug-likeness (QED) is 0.104. The molecule has 7 nitrogen and oxygen atoms in total. The molecular formula is C40H51NO6Si2. The molecular weight excluding hydrogens is 647 g/mol. The Labute approximate surface area is 294 Å². The van der Waals surface area contributed by atoms with Crippen LogP contribution in [0.15, 0.2) is 60.7 Å². The molecule has 2 aromatic carbocycles. The molecule has 2 aliphatic heterocycles. The number of nitrogens with zero attached hydrogens (tertiary/aromatic N) is 1. The summed E-state index contributed by atoms with van der Waals surface area (Å²) in [6, 6.07) is 13.7. The number of hydrogen-bond donors (Lipinski definition) is 0. The second-order valence-electron chi connectivity index (χ2n) is 16.9. The van der Waals surface area contributed by atoms with E-state index in [1.807, 2.05) is 24.3 Å². The number of para-hydroxylation sites is 1. The maximum atomic E-state index is 14.4. The largest absolute Gasteiger partial charge is 0.426 e. The van der Waals surface area contributed by atoms with Crippen LogP contribution < -0.4 is 14.4 Å². The number of allylic oxidation sites excluding steroid dienone is 2. The molecule has 4 unspecified atom stereocenters. The molecule has 260 valence electrons. The standard InChI is InChI=1S/C40H51NO6Si2/c1-37(2,3)35(42)44-30-24-25-31-32(28-30)41(36(43)45-29-20-15-14-16-21-29)33(22-17-12-13-18-27-48(7,8)9)39-26-19-23-34(40(31,39)47-39)46-49(10,11)38(4,5)6/h12-16,20-21,24-25,28,33-34H,19,23,26H2,1-11H3/b13-12-. The molecule has 5 rings (SSSR count). The van der Waals surface area contributed by atoms with Crippen LogP contribution in [-0.2, 0) is 19.6 Å². The van der Waals surface area contributed by atoms with E-state index in [-0.39, 0.29) is 17.1 Å². The third-order valence-electron chi connectivity index (χ3n) is 9.86. The second kappa shape index (κ2) is 12.9. The van der Waals surface area contributed by atoms with Crippen LogP contribution in [0.1, 0.15) is 66.4 Å². The van der Waals surface area contributed by atoms with Crippen molar-refractivity contribution in [2.75, 3.05) is 4.90 Å². The Morgan fingerprint density at radius 3 is 2.22 bits per heavy atom. The SMILES string of the molecule is CC(C)(C)C(=O)Oc1ccc2c(c1)N(C(=O)Oc1ccccc1)C(C#C/C=C\C#C[Si](C)(C)C)C13CCCC(O[Si](C)(C)C(C)(C)C)C21O3. The normalized spacial score (nSPS) is 24.7. The van der Waals surface area contributed by atoms with Crippen molar-refractivity contribution in [3.8, 4) is 34.8 Å². The summed E-state index contributed by atoms with van der Waals surface area (Å²) in [6.45, 7) is 23.2. The molecule has 9 heteroatoms. The molecule has 1 saturated heterocycles. The van der Waals surface area contributed by atoms with Crippen molar-refractivity contribution in [3.05, 3.63) is 66.2 Å². The van der Waals surface area contributed by atoms with E-state index in [0.717, 1.165) is 18.4 Å². The van der Waals surface area contributed by atoms with Crippen molar-refractivity contribution < 1.29 is 28.2 Å². The van der Waals surface area contributed by atoms with Crippen molar-refractivity contribution in [2.45, 2.75) is 122 Å². The van der Waals surface area contributed by atoms with Gasteiger partial charge in [-0.25, -0.2) is 4.79 Å². The molecule has 0 radical (unpaired) electrons. The Morgan fingerprint density at radius 1 is 0.918 bits per heavy atom. The van der Waals surface area contributed by atoms with Crippen LogP contribution >= 0.6 is 0 Å². The summed E-state index contributed by atoms with van der Waals surface area (Å²) in [7, 11) is -3.80. The van der Waals surface area contributed by atoms with Gasteiger partial charge in [-0.1, -0.05) is 82.4 Å². The number of fused-ring (bicyclic) bond motifs is 1. The van der Waals surface area contributed by atoms with Gasteiger partial charge in [0.1, 0.15) is 31.2 Å². The first-order valence-corrected chi connectivity index (χ1v) is 23.6. The Morgan fingerprint density at radius 2 is 1.59 bits per heavy atom. The number of benzene rings is 2. The summed E-state index contributed by atoms with van der Waals surface area (Å²) in [5.74, 6) is 10.1. The number of rotatable bonds is 4. The van der Waals surface area contributed by atoms with Crippen molar-refractivity contribution in [2.24, 2.45) is 5.41 Å². The van der Waals surface area contributed by atoms with Gasteiger partial charge in [0.05, 0.1) is 17.2 Å². The van der Waals surface area contributed by atoms with Gasteiger partial charge in [0.2, 0.25) is 0 Å². The fourth-order valence-corrected chi connectivity index (χ4v) is 8.17. The highest BCUT2D eigenvalue weighted by molar-refractivity contribution is 6.83. The van der Waals surface area contributed by atoms with Crippen molar-refractivity contribution in [3.63, 3.8) is 0 Å². The van der Waals surface area contributed by atoms with E-state index >= 15 is 0 Å². The molecule has 0 aromatic heterocycles. The molecule has 1 aliphatic carbocycles. The minimum atomic E-state index is -2.25. The number of carbonyl (C=O) groups is 2. The number of anilines is 1. The van der Waals surface area contributed by atoms with Gasteiger partial charge < -0.3 is 18.6 Å². The topological polar surface area (TPSA) is 77.6 Å². The molecule has 2 heterocycles. The van der Waals surface area contributed by atoms with E-state index in [1.54, 1.807) is 62.1 Å². The van der Waals surface area contributed by atoms with Crippen LogP contribution in [0.5, 0.6) is 11.5 Å². The summed E-state index contributed by atoms with van der Waals surface area (Å²) in [4.78, 5) is 29.0. The molecule has 2 aromatic rings. The van der Waals surface area contributed by atoms with Crippen molar-refractivity contribution >= 4 is 34.1 Å². The third kappa shape index (κ3) is 7.18. The summed E-state index contributed by atoms with van der Waals surface area (Å²) in [6.07, 6.45) is 5.01. The zero-order valence-corrected chi connectivity index (χ0v) is 32.9. The maximum absolute atomic E-state index is 14.4. The molecule has 49 heavy (non-hydrogen) atoms. The number of carbonyl (C=O) groups excluding carboxylic acids is 2. The van der Waals surface area contributed by atoms with Crippen LogP contribution in [0.25, 0.3) is 0 Å². The van der Waals surface area contributed by atoms with Gasteiger partial charge >= 0.3 is 12.1 Å². The van der Waals surface area contributed by atoms with Crippen molar-refractivity contribution in [1.29, 1.82) is 0 Å². The van der Waals surface area contributed by atoms with E-state index in [2.05, 4.69) is 76.8 Å². The molecule has 3 aliphatic rings. The lowest BCUT2D eigenvalue weighted by molar-refractivity contribution is -0.143. The van der Waals surface area contributed by atoms with Gasteiger partial charge in [0.25, 0.3) is 0 Å². The minimum absolute atomic E-state index is 0.0202. The van der Waals surface area contributed by atoms with Crippen LogP contribution in [0.2, 0.25) is 37.8 Å². The van der Waals surface area contributed by atoms with Crippen molar-refractivity contribution in [1.82, 2.24) is 0 Å². The number of esters is 1. The highest BCUT2D eigenvalue weighted by Gasteiger charge is 2.82. The lowest BCUT2D eigenvalue weighted by atomic mass is 9.67. The predicted molar refractivity (Wildman–Crippen MR) is 200 cm³/mol. The highest BCUT2D eigenvalue weighted by Crippen LogP contribution is 2.71. The molecule has 0 bridgehead atoms. The Kier molecular flexibility index (Phi) is 9.68. The van der Waals surface area contributed by atoms with Crippen LogP contribution in [0.3, 0.4) is 0 Å². The van der Waals surface area contributed by atoms with Crippen LogP contribution in [0, 0.1) is 28.7 Å². The van der Waals surface area contributed by atoms with E-state index in [9.17, 15) is 9.59 Å². The van der Waals surface area contributed by atoms with E-state index in [1.165, 1.54) is 0 Å². The maximum Gasteiger partial charge on any atom is 0.420 e. The number of amides is 1. The predicted octanol–water partition coefficient (Wildman–Crippen LogP) is 9.00. The van der Waals surface area contributed by atoms with Gasteiger partial charge in [-0.3, -0.25) is 9.69 Å². The van der Waals surface area contributed by atoms with E-state index in [4.69, 9.17) is 18.6 Å². The lowest BCUT2D eigenvalue weighted by Gasteiger charge is -2.47. The van der Waals surface area contributed by atoms with Gasteiger partial charge in [-0.2, -0.15) is 0 Å². The van der Waals surface area contributed by atoms with Gasteiger partial charge in [0.15, 0.2) is 13.9 Å². The number of ether oxygens (including phenoxy) is 3. The van der Waals surface area contributed by atoms with E-state index < -0.39 is 45.1 Å². The smallest absolute Gasteiger partial charge is 0.420 e. The molecule has 4 atom stereocenters. The Hall–Kier alpha value is -3.61. The third-order valence-corrected chi connectivity index (χ3v) is 15.2. The average molecular weight is 698 g/mol. The van der Waals surface area contributed by atoms with E-state index in [0.29, 0.717) is 23.6 Å². The van der Waals surface area contributed by atoms with Gasteiger partial charge in [-0.05, 0) is 88.5 Å². The summed E-state index contributed by atoms with van der Waals surface area (Å²) >= 11 is 0. The van der Waals surface area contributed by atoms with Crippen LogP contribution in [-0.4, -0.2) is 46.2 Å². The number of epoxide rings is 1. The lowest BCUT2D eigenvalue weighted by Crippen LogP contribution is -2.60. The summed E-state index contributed by atoms with van der Waals surface area (Å²) < 4.78 is 26.1. The zero-order valence-electron chi connectivity index (χ0n) is 30.9. The van der Waals surface area contributed by atoms with Crippen LogP contribution in [0.4, 0.5) is 10.5 Å². The fourth-order valence-electron chi connectivity index (χ4n) is 6.30. The second-order valence-corrected chi connectivity index (χ2v) is 26.4. The summed E-state index contributed by atoms with van der Waals surface area (Å²) in [5, 5.41) is -0.0202. The monoisotopic (exact) mass is 697 g/mol. The first-order chi connectivity index (χ1) is 22.7. The number of hydrogen-bond acceptors (Lipinski definition) is 6. The minimum Gasteiger partial charge on any atom is -0.426 e. The van der Waals surface area contributed by atoms with Gasteiger partial charge in [-0.15, -0.1) is 5.54 Å². The molecule has 0 N–H and O–H groups in total. The summed E-state index contributed by atoms with van der Waals surface area (Å²) in [5.41, 5.74) is 2.28.